The smallest absolute Gasteiger partial charge is 0.263 e. The molecular formula is C9H12F2N2. The number of nitrogens with zero attached hydrogens (tertiary/aromatic N) is 1. The third kappa shape index (κ3) is 3.06. The summed E-state index contributed by atoms with van der Waals surface area (Å²) in [5.41, 5.74) is 6.15. The standard InChI is InChI=1S/C9H12F2N2/c1-6(12)4-8-5-7(9(10)11)2-3-13-8/h2-3,5-6,9H,4,12H2,1H3. The van der Waals surface area contributed by atoms with Crippen LogP contribution in [-0.2, 0) is 6.42 Å². The predicted molar refractivity (Wildman–Crippen MR) is 46.5 cm³/mol. The maximum absolute atomic E-state index is 12.2. The quantitative estimate of drug-likeness (QED) is 0.783. The van der Waals surface area contributed by atoms with Crippen molar-refractivity contribution in [3.05, 3.63) is 29.6 Å². The molecule has 1 unspecified atom stereocenters. The second-order valence-corrected chi connectivity index (χ2v) is 3.06. The Morgan fingerprint density at radius 1 is 1.54 bits per heavy atom. The van der Waals surface area contributed by atoms with E-state index in [2.05, 4.69) is 4.98 Å². The van der Waals surface area contributed by atoms with Gasteiger partial charge in [-0.25, -0.2) is 8.78 Å². The van der Waals surface area contributed by atoms with E-state index in [1.165, 1.54) is 18.3 Å². The van der Waals surface area contributed by atoms with E-state index >= 15 is 0 Å². The zero-order valence-electron chi connectivity index (χ0n) is 7.37. The maximum atomic E-state index is 12.2. The van der Waals surface area contributed by atoms with Crippen LogP contribution in [0.5, 0.6) is 0 Å². The summed E-state index contributed by atoms with van der Waals surface area (Å²) in [5.74, 6) is 0. The summed E-state index contributed by atoms with van der Waals surface area (Å²) in [5, 5.41) is 0. The molecule has 1 aromatic rings. The molecule has 0 bridgehead atoms. The Balaban J connectivity index is 2.79. The predicted octanol–water partition coefficient (Wildman–Crippen LogP) is 1.91. The third-order valence-corrected chi connectivity index (χ3v) is 1.62. The first-order chi connectivity index (χ1) is 6.09. The minimum absolute atomic E-state index is 0.00523. The molecule has 0 aliphatic heterocycles. The summed E-state index contributed by atoms with van der Waals surface area (Å²) in [6.07, 6.45) is -0.519. The van der Waals surface area contributed by atoms with Gasteiger partial charge in [0.05, 0.1) is 0 Å². The van der Waals surface area contributed by atoms with Crippen molar-refractivity contribution < 1.29 is 8.78 Å². The van der Waals surface area contributed by atoms with Gasteiger partial charge in [-0.1, -0.05) is 0 Å². The number of alkyl halides is 2. The van der Waals surface area contributed by atoms with Gasteiger partial charge in [0.15, 0.2) is 0 Å². The molecule has 2 N–H and O–H groups in total. The van der Waals surface area contributed by atoms with Crippen LogP contribution in [0.1, 0.15) is 24.6 Å². The van der Waals surface area contributed by atoms with Crippen LogP contribution in [0, 0.1) is 0 Å². The first-order valence-corrected chi connectivity index (χ1v) is 4.08. The molecule has 0 amide bonds. The van der Waals surface area contributed by atoms with E-state index in [1.807, 2.05) is 6.92 Å². The number of nitrogens with two attached hydrogens (primary N) is 1. The molecule has 0 saturated heterocycles. The summed E-state index contributed by atoms with van der Waals surface area (Å²) >= 11 is 0. The fourth-order valence-corrected chi connectivity index (χ4v) is 1.07. The Morgan fingerprint density at radius 3 is 2.77 bits per heavy atom. The normalized spacial score (nSPS) is 13.3. The number of pyridine rings is 1. The fourth-order valence-electron chi connectivity index (χ4n) is 1.07. The number of halogens is 2. The van der Waals surface area contributed by atoms with Crippen LogP contribution < -0.4 is 5.73 Å². The SMILES string of the molecule is CC(N)Cc1cc(C(F)F)ccn1. The van der Waals surface area contributed by atoms with Crippen LogP contribution in [0.4, 0.5) is 8.78 Å². The second-order valence-electron chi connectivity index (χ2n) is 3.06. The highest BCUT2D eigenvalue weighted by molar-refractivity contribution is 5.17. The molecule has 0 aromatic carbocycles. The Labute approximate surface area is 75.8 Å². The molecule has 2 nitrogen and oxygen atoms in total. The van der Waals surface area contributed by atoms with Gasteiger partial charge < -0.3 is 5.73 Å². The molecule has 72 valence electrons. The average Bonchev–Trinajstić information content (AvgIpc) is 2.03. The van der Waals surface area contributed by atoms with Crippen molar-refractivity contribution in [2.45, 2.75) is 25.8 Å². The van der Waals surface area contributed by atoms with Crippen LogP contribution in [-0.4, -0.2) is 11.0 Å². The minimum Gasteiger partial charge on any atom is -0.328 e. The van der Waals surface area contributed by atoms with E-state index in [-0.39, 0.29) is 11.6 Å². The van der Waals surface area contributed by atoms with Gasteiger partial charge >= 0.3 is 0 Å². The monoisotopic (exact) mass is 186 g/mol. The second kappa shape index (κ2) is 4.28. The lowest BCUT2D eigenvalue weighted by Gasteiger charge is -2.05. The van der Waals surface area contributed by atoms with Gasteiger partial charge in [-0.05, 0) is 19.1 Å². The molecular weight excluding hydrogens is 174 g/mol. The van der Waals surface area contributed by atoms with Crippen LogP contribution >= 0.6 is 0 Å². The van der Waals surface area contributed by atoms with Crippen LogP contribution in [0.15, 0.2) is 18.3 Å². The molecule has 4 heteroatoms. The maximum Gasteiger partial charge on any atom is 0.263 e. The minimum atomic E-state index is -2.44. The van der Waals surface area contributed by atoms with Crippen molar-refractivity contribution >= 4 is 0 Å². The first kappa shape index (κ1) is 10.1. The Morgan fingerprint density at radius 2 is 2.23 bits per heavy atom. The van der Waals surface area contributed by atoms with Gasteiger partial charge in [0, 0.05) is 29.9 Å². The van der Waals surface area contributed by atoms with Crippen molar-refractivity contribution in [1.82, 2.24) is 4.98 Å². The molecule has 1 rings (SSSR count). The summed E-state index contributed by atoms with van der Waals surface area (Å²) in [6.45, 7) is 1.82. The van der Waals surface area contributed by atoms with E-state index in [1.54, 1.807) is 0 Å². The summed E-state index contributed by atoms with van der Waals surface area (Å²) in [4.78, 5) is 3.95. The highest BCUT2D eigenvalue weighted by Crippen LogP contribution is 2.18. The van der Waals surface area contributed by atoms with Crippen LogP contribution in [0.2, 0.25) is 0 Å². The molecule has 0 radical (unpaired) electrons. The van der Waals surface area contributed by atoms with E-state index < -0.39 is 6.43 Å². The lowest BCUT2D eigenvalue weighted by atomic mass is 10.1. The Kier molecular flexibility index (Phi) is 3.31. The highest BCUT2D eigenvalue weighted by atomic mass is 19.3. The third-order valence-electron chi connectivity index (χ3n) is 1.62. The van der Waals surface area contributed by atoms with Gasteiger partial charge in [0.1, 0.15) is 0 Å². The number of hydrogen-bond acceptors (Lipinski definition) is 2. The zero-order chi connectivity index (χ0) is 9.84. The lowest BCUT2D eigenvalue weighted by Crippen LogP contribution is -2.18. The number of aromatic nitrogens is 1. The van der Waals surface area contributed by atoms with Crippen molar-refractivity contribution in [2.75, 3.05) is 0 Å². The topological polar surface area (TPSA) is 38.9 Å². The van der Waals surface area contributed by atoms with E-state index in [4.69, 9.17) is 5.73 Å². The summed E-state index contributed by atoms with van der Waals surface area (Å²) in [6, 6.07) is 2.66. The molecule has 0 aliphatic rings. The summed E-state index contributed by atoms with van der Waals surface area (Å²) in [7, 11) is 0. The molecule has 1 heterocycles. The van der Waals surface area contributed by atoms with E-state index in [9.17, 15) is 8.78 Å². The molecule has 0 aliphatic carbocycles. The molecule has 1 atom stereocenters. The zero-order valence-corrected chi connectivity index (χ0v) is 7.37. The average molecular weight is 186 g/mol. The molecule has 0 fully saturated rings. The number of rotatable bonds is 3. The van der Waals surface area contributed by atoms with Crippen molar-refractivity contribution in [2.24, 2.45) is 5.73 Å². The van der Waals surface area contributed by atoms with E-state index in [0.29, 0.717) is 12.1 Å². The largest absolute Gasteiger partial charge is 0.328 e. The first-order valence-electron chi connectivity index (χ1n) is 4.08. The lowest BCUT2D eigenvalue weighted by molar-refractivity contribution is 0.151. The Hall–Kier alpha value is -1.03. The van der Waals surface area contributed by atoms with Crippen LogP contribution in [0.3, 0.4) is 0 Å². The number of hydrogen-bond donors (Lipinski definition) is 1. The van der Waals surface area contributed by atoms with Crippen molar-refractivity contribution in [3.63, 3.8) is 0 Å². The molecule has 0 spiro atoms. The molecule has 13 heavy (non-hydrogen) atoms. The Bertz CT molecular complexity index is 274. The van der Waals surface area contributed by atoms with Gasteiger partial charge in [-0.3, -0.25) is 4.98 Å². The molecule has 0 saturated carbocycles. The van der Waals surface area contributed by atoms with Crippen molar-refractivity contribution in [3.8, 4) is 0 Å². The van der Waals surface area contributed by atoms with Gasteiger partial charge in [-0.2, -0.15) is 0 Å². The van der Waals surface area contributed by atoms with Crippen molar-refractivity contribution in [1.29, 1.82) is 0 Å². The van der Waals surface area contributed by atoms with E-state index in [0.717, 1.165) is 0 Å². The molecule has 1 aromatic heterocycles. The fraction of sp³-hybridized carbons (Fsp3) is 0.444. The van der Waals surface area contributed by atoms with Gasteiger partial charge in [0.2, 0.25) is 0 Å². The van der Waals surface area contributed by atoms with Gasteiger partial charge in [-0.15, -0.1) is 0 Å². The highest BCUT2D eigenvalue weighted by Gasteiger charge is 2.08. The summed E-state index contributed by atoms with van der Waals surface area (Å²) < 4.78 is 24.5. The van der Waals surface area contributed by atoms with Gasteiger partial charge in [0.25, 0.3) is 6.43 Å². The van der Waals surface area contributed by atoms with Crippen LogP contribution in [0.25, 0.3) is 0 Å².